The number of nitrogens with zero attached hydrogens (tertiary/aromatic N) is 1. The molecule has 5 nitrogen and oxygen atoms in total. The molecule has 0 aliphatic rings. The first-order valence-corrected chi connectivity index (χ1v) is 5.34. The van der Waals surface area contributed by atoms with Gasteiger partial charge in [-0.15, -0.1) is 0 Å². The number of carbonyl (C=O) groups excluding carboxylic acids is 1. The third-order valence-electron chi connectivity index (χ3n) is 2.44. The number of hydrogen-bond acceptors (Lipinski definition) is 3. The van der Waals surface area contributed by atoms with Gasteiger partial charge in [-0.25, -0.2) is 4.98 Å². The molecule has 1 heterocycles. The quantitative estimate of drug-likeness (QED) is 0.800. The number of carbonyl (C=O) groups is 1. The zero-order valence-corrected chi connectivity index (χ0v) is 10.0. The van der Waals surface area contributed by atoms with E-state index < -0.39 is 0 Å². The molecular weight excluding hydrogens is 206 g/mol. The van der Waals surface area contributed by atoms with Crippen LogP contribution in [0.1, 0.15) is 42.1 Å². The molecule has 1 aromatic rings. The summed E-state index contributed by atoms with van der Waals surface area (Å²) in [7, 11) is 0. The topological polar surface area (TPSA) is 74.8 Å². The Morgan fingerprint density at radius 2 is 2.12 bits per heavy atom. The summed E-state index contributed by atoms with van der Waals surface area (Å²) in [6, 6.07) is 0.0487. The van der Waals surface area contributed by atoms with E-state index in [4.69, 9.17) is 0 Å². The third kappa shape index (κ3) is 2.68. The molecule has 1 atom stereocenters. The van der Waals surface area contributed by atoms with Crippen molar-refractivity contribution >= 4 is 5.91 Å². The van der Waals surface area contributed by atoms with E-state index in [9.17, 15) is 9.59 Å². The highest BCUT2D eigenvalue weighted by Gasteiger charge is 2.16. The molecule has 0 fully saturated rings. The second kappa shape index (κ2) is 4.92. The van der Waals surface area contributed by atoms with E-state index in [-0.39, 0.29) is 23.1 Å². The van der Waals surface area contributed by atoms with Crippen LogP contribution in [0.5, 0.6) is 0 Å². The minimum Gasteiger partial charge on any atom is -0.349 e. The molecule has 0 saturated carbocycles. The van der Waals surface area contributed by atoms with Crippen LogP contribution in [0.15, 0.2) is 4.79 Å². The monoisotopic (exact) mass is 223 g/mol. The van der Waals surface area contributed by atoms with Gasteiger partial charge < -0.3 is 10.3 Å². The molecule has 1 aromatic heterocycles. The third-order valence-corrected chi connectivity index (χ3v) is 2.44. The number of aromatic nitrogens is 2. The summed E-state index contributed by atoms with van der Waals surface area (Å²) in [5.41, 5.74) is 0.179. The van der Waals surface area contributed by atoms with Gasteiger partial charge in [0, 0.05) is 6.04 Å². The molecule has 0 saturated heterocycles. The lowest BCUT2D eigenvalue weighted by Crippen LogP contribution is -2.36. The highest BCUT2D eigenvalue weighted by molar-refractivity contribution is 5.94. The minimum atomic E-state index is -0.384. The van der Waals surface area contributed by atoms with Crippen LogP contribution in [0.4, 0.5) is 0 Å². The first-order chi connectivity index (χ1) is 7.45. The lowest BCUT2D eigenvalue weighted by Gasteiger charge is -2.11. The Bertz CT molecular complexity index is 451. The van der Waals surface area contributed by atoms with Crippen molar-refractivity contribution in [2.45, 2.75) is 40.2 Å². The fourth-order valence-corrected chi connectivity index (χ4v) is 1.39. The van der Waals surface area contributed by atoms with Gasteiger partial charge >= 0.3 is 0 Å². The molecule has 16 heavy (non-hydrogen) atoms. The van der Waals surface area contributed by atoms with Crippen LogP contribution in [0.3, 0.4) is 0 Å². The Labute approximate surface area is 94.3 Å². The fraction of sp³-hybridized carbons (Fsp3) is 0.545. The van der Waals surface area contributed by atoms with E-state index in [1.807, 2.05) is 13.8 Å². The fourth-order valence-electron chi connectivity index (χ4n) is 1.39. The van der Waals surface area contributed by atoms with E-state index in [0.29, 0.717) is 11.5 Å². The standard InChI is InChI=1S/C11H17N3O2/c1-5-6(2)12-10(15)9-7(3)13-8(4)14-11(9)16/h6H,5H2,1-4H3,(H,12,15)(H,13,14,16). The van der Waals surface area contributed by atoms with E-state index in [0.717, 1.165) is 6.42 Å². The van der Waals surface area contributed by atoms with Gasteiger partial charge in [0.2, 0.25) is 0 Å². The van der Waals surface area contributed by atoms with Crippen molar-refractivity contribution in [3.05, 3.63) is 27.4 Å². The molecule has 88 valence electrons. The molecule has 2 N–H and O–H groups in total. The normalized spacial score (nSPS) is 12.2. The predicted molar refractivity (Wildman–Crippen MR) is 61.6 cm³/mol. The van der Waals surface area contributed by atoms with Crippen molar-refractivity contribution in [1.29, 1.82) is 0 Å². The van der Waals surface area contributed by atoms with E-state index in [2.05, 4.69) is 15.3 Å². The van der Waals surface area contributed by atoms with Crippen LogP contribution < -0.4 is 10.9 Å². The largest absolute Gasteiger partial charge is 0.349 e. The first kappa shape index (κ1) is 12.4. The van der Waals surface area contributed by atoms with Crippen LogP contribution in [0.25, 0.3) is 0 Å². The van der Waals surface area contributed by atoms with Gasteiger partial charge in [0.15, 0.2) is 0 Å². The lowest BCUT2D eigenvalue weighted by atomic mass is 10.2. The van der Waals surface area contributed by atoms with Gasteiger partial charge in [-0.2, -0.15) is 0 Å². The van der Waals surface area contributed by atoms with Gasteiger partial charge in [-0.05, 0) is 27.2 Å². The summed E-state index contributed by atoms with van der Waals surface area (Å²) in [6.07, 6.45) is 0.821. The van der Waals surface area contributed by atoms with Gasteiger partial charge in [0.1, 0.15) is 11.4 Å². The van der Waals surface area contributed by atoms with Crippen LogP contribution in [0, 0.1) is 13.8 Å². The number of H-pyrrole nitrogens is 1. The molecule has 0 aromatic carbocycles. The average Bonchev–Trinajstić information content (AvgIpc) is 2.15. The zero-order chi connectivity index (χ0) is 12.3. The van der Waals surface area contributed by atoms with Gasteiger partial charge in [-0.1, -0.05) is 6.92 Å². The van der Waals surface area contributed by atoms with Gasteiger partial charge in [0.05, 0.1) is 5.69 Å². The molecule has 0 aliphatic heterocycles. The van der Waals surface area contributed by atoms with E-state index in [1.54, 1.807) is 13.8 Å². The number of rotatable bonds is 3. The summed E-state index contributed by atoms with van der Waals surface area (Å²) in [4.78, 5) is 30.0. The van der Waals surface area contributed by atoms with Crippen LogP contribution in [-0.4, -0.2) is 21.9 Å². The molecule has 1 amide bonds. The molecule has 0 spiro atoms. The lowest BCUT2D eigenvalue weighted by molar-refractivity contribution is 0.0936. The second-order valence-electron chi connectivity index (χ2n) is 3.89. The number of amides is 1. The Morgan fingerprint density at radius 1 is 1.50 bits per heavy atom. The Morgan fingerprint density at radius 3 is 2.62 bits per heavy atom. The average molecular weight is 223 g/mol. The summed E-state index contributed by atoms with van der Waals surface area (Å²) < 4.78 is 0. The van der Waals surface area contributed by atoms with Crippen molar-refractivity contribution in [3.63, 3.8) is 0 Å². The maximum Gasteiger partial charge on any atom is 0.264 e. The molecule has 1 unspecified atom stereocenters. The molecule has 0 radical (unpaired) electrons. The highest BCUT2D eigenvalue weighted by Crippen LogP contribution is 2.00. The number of aromatic amines is 1. The molecule has 0 bridgehead atoms. The zero-order valence-electron chi connectivity index (χ0n) is 10.0. The number of nitrogens with one attached hydrogen (secondary N) is 2. The van der Waals surface area contributed by atoms with Crippen LogP contribution in [-0.2, 0) is 0 Å². The number of aryl methyl sites for hydroxylation is 2. The Hall–Kier alpha value is -1.65. The maximum absolute atomic E-state index is 11.8. The van der Waals surface area contributed by atoms with Crippen molar-refractivity contribution in [2.24, 2.45) is 0 Å². The summed E-state index contributed by atoms with van der Waals surface area (Å²) >= 11 is 0. The van der Waals surface area contributed by atoms with Crippen molar-refractivity contribution in [3.8, 4) is 0 Å². The molecule has 1 rings (SSSR count). The smallest absolute Gasteiger partial charge is 0.264 e. The predicted octanol–water partition coefficient (Wildman–Crippen LogP) is 0.915. The Kier molecular flexibility index (Phi) is 3.82. The summed E-state index contributed by atoms with van der Waals surface area (Å²) in [5.74, 6) is 0.156. The van der Waals surface area contributed by atoms with Gasteiger partial charge in [-0.3, -0.25) is 9.59 Å². The summed E-state index contributed by atoms with van der Waals surface area (Å²) in [5, 5.41) is 2.75. The van der Waals surface area contributed by atoms with Crippen LogP contribution >= 0.6 is 0 Å². The van der Waals surface area contributed by atoms with Crippen molar-refractivity contribution < 1.29 is 4.79 Å². The number of hydrogen-bond donors (Lipinski definition) is 2. The molecule has 5 heteroatoms. The Balaban J connectivity index is 3.05. The first-order valence-electron chi connectivity index (χ1n) is 5.34. The SMILES string of the molecule is CCC(C)NC(=O)c1c(C)nc(C)[nH]c1=O. The molecular formula is C11H17N3O2. The van der Waals surface area contributed by atoms with E-state index >= 15 is 0 Å². The maximum atomic E-state index is 11.8. The van der Waals surface area contributed by atoms with Crippen molar-refractivity contribution in [1.82, 2.24) is 15.3 Å². The highest BCUT2D eigenvalue weighted by atomic mass is 16.2. The van der Waals surface area contributed by atoms with Crippen molar-refractivity contribution in [2.75, 3.05) is 0 Å². The van der Waals surface area contributed by atoms with E-state index in [1.165, 1.54) is 0 Å². The minimum absolute atomic E-state index is 0.0487. The van der Waals surface area contributed by atoms with Gasteiger partial charge in [0.25, 0.3) is 11.5 Å². The summed E-state index contributed by atoms with van der Waals surface area (Å²) in [6.45, 7) is 7.21. The van der Waals surface area contributed by atoms with Crippen LogP contribution in [0.2, 0.25) is 0 Å². The second-order valence-corrected chi connectivity index (χ2v) is 3.89. The molecule has 0 aliphatic carbocycles.